The number of nitrogens with one attached hydrogen (secondary N) is 2. The van der Waals surface area contributed by atoms with E-state index in [-0.39, 0.29) is 169 Å². The first-order chi connectivity index (χ1) is 25.7. The van der Waals surface area contributed by atoms with Gasteiger partial charge in [-0.2, -0.15) is 12.8 Å². The number of ether oxygens (including phenoxy) is 8. The molecule has 0 aliphatic heterocycles. The van der Waals surface area contributed by atoms with Crippen molar-refractivity contribution in [3.05, 3.63) is 115 Å². The quantitative estimate of drug-likeness (QED) is 0.158. The van der Waals surface area contributed by atoms with E-state index in [1.165, 1.54) is 11.1 Å². The number of aryl methyl sites for hydroxylation is 2. The van der Waals surface area contributed by atoms with Crippen LogP contribution in [0.1, 0.15) is 72.5 Å². The van der Waals surface area contributed by atoms with E-state index in [1.54, 1.807) is 90.3 Å². The molecule has 3 rings (SSSR count). The van der Waals surface area contributed by atoms with Crippen LogP contribution in [0.25, 0.3) is 17.6 Å². The molecule has 3 radical (unpaired) electrons. The number of nitrogens with two attached hydrogens (primary N) is 1. The maximum absolute atomic E-state index is 9.90. The van der Waals surface area contributed by atoms with Gasteiger partial charge < -0.3 is 75.9 Å². The number of rotatable bonds is 12. The van der Waals surface area contributed by atoms with E-state index in [0.29, 0.717) is 6.42 Å². The minimum Gasteiger partial charge on any atom is -0.693 e. The van der Waals surface area contributed by atoms with Crippen LogP contribution in [-0.4, -0.2) is 66.0 Å². The molecule has 62 heavy (non-hydrogen) atoms. The average molecular weight is 1600 g/mol. The van der Waals surface area contributed by atoms with E-state index in [1.807, 2.05) is 54.6 Å². The third-order valence-corrected chi connectivity index (χ3v) is 6.32. The second-order valence-corrected chi connectivity index (χ2v) is 13.3. The topological polar surface area (TPSA) is 189 Å². The maximum Gasteiger partial charge on any atom is 0.227 e. The molecule has 0 aliphatic carbocycles. The molecule has 0 saturated carbocycles. The summed E-state index contributed by atoms with van der Waals surface area (Å²) in [6, 6.07) is 17.5. The van der Waals surface area contributed by atoms with Crippen molar-refractivity contribution >= 4 is 12.2 Å². The Morgan fingerprint density at radius 3 is 0.871 bits per heavy atom. The van der Waals surface area contributed by atoms with E-state index in [9.17, 15) is 9.59 Å². The van der Waals surface area contributed by atoms with Crippen molar-refractivity contribution in [3.63, 3.8) is 0 Å². The molecule has 0 aromatic heterocycles. The molecule has 13 nitrogen and oxygen atoms in total. The van der Waals surface area contributed by atoms with E-state index in [4.69, 9.17) is 46.5 Å². The number of amides is 2. The Morgan fingerprint density at radius 1 is 0.532 bits per heavy atom. The molecule has 0 fully saturated rings. The zero-order chi connectivity index (χ0) is 42.6. The second kappa shape index (κ2) is 47.6. The van der Waals surface area contributed by atoms with Crippen LogP contribution in [-0.2, 0) is 190 Å². The van der Waals surface area contributed by atoms with Crippen LogP contribution in [0.4, 0.5) is 9.59 Å². The van der Waals surface area contributed by atoms with Crippen molar-refractivity contribution in [2.24, 2.45) is 0 Å². The van der Waals surface area contributed by atoms with Crippen molar-refractivity contribution in [1.82, 2.24) is 0 Å². The monoisotopic (exact) mass is 1600 g/mol. The van der Waals surface area contributed by atoms with Gasteiger partial charge in [-0.15, -0.1) is 0 Å². The molecule has 3 aromatic rings. The number of hydrogen-bond acceptors (Lipinski definition) is 10. The Kier molecular flexibility index (Phi) is 63.1. The number of benzene rings is 3. The van der Waals surface area contributed by atoms with Crippen LogP contribution in [0.5, 0.6) is 34.5 Å². The van der Waals surface area contributed by atoms with E-state index in [0.717, 1.165) is 65.7 Å². The number of hydrogen-bond donors (Lipinski definition) is 0. The minimum absolute atomic E-state index is 0. The molecule has 0 saturated heterocycles. The standard InChI is InChI=1S/2C11H15O2.C11H13O2.2C5H11NO2.H2N.3W.3Y.H2/c3*1-4-5-9-6-10(12-2)8-11(7-9)13-3;2*1-5(2,3)8-4(6)7;;;;;;;;/h2*6-8H,1,4-5H2,2-3H3;1,4,6-8H,5H2,2-3H3;2*1-3H3,(H2,6,7);1H2;;;;;;;1H/q3*-1;;;-1;;;;;;;/p-2. The first-order valence-corrected chi connectivity index (χ1v) is 17.4. The smallest absolute Gasteiger partial charge is 0.227 e. The number of carbonyl (C=O) groups is 2. The first kappa shape index (κ1) is 82.2. The predicted octanol–water partition coefficient (Wildman–Crippen LogP) is 12.1. The largest absolute Gasteiger partial charge is 0.693 e. The van der Waals surface area contributed by atoms with Crippen LogP contribution >= 0.6 is 0 Å². The Hall–Kier alpha value is 0.0766. The molecular weight excluding hydrogens is 1540 g/mol. The number of allylic oxidation sites excluding steroid dienone is 1. The summed E-state index contributed by atoms with van der Waals surface area (Å²) in [7, 11) is 9.88. The molecule has 4 N–H and O–H groups in total. The molecule has 0 spiro atoms. The van der Waals surface area contributed by atoms with Crippen molar-refractivity contribution < 1.29 is 210 Å². The fraction of sp³-hybridized carbons (Fsp3) is 0.442. The van der Waals surface area contributed by atoms with Gasteiger partial charge in [-0.25, -0.2) is 0 Å². The number of carbonyl (C=O) groups excluding carboxylic acids is 2. The Balaban J connectivity index is -0.0000000685. The Labute approximate surface area is 493 Å². The van der Waals surface area contributed by atoms with Crippen molar-refractivity contribution in [2.75, 3.05) is 42.7 Å². The summed E-state index contributed by atoms with van der Waals surface area (Å²) < 4.78 is 39.7. The third kappa shape index (κ3) is 46.6. The number of methoxy groups -OCH3 is 6. The second-order valence-electron chi connectivity index (χ2n) is 13.3. The fourth-order valence-corrected chi connectivity index (χ4v) is 4.11. The molecule has 3 aromatic carbocycles. The van der Waals surface area contributed by atoms with Crippen LogP contribution in [0.15, 0.2) is 60.7 Å². The van der Waals surface area contributed by atoms with Gasteiger partial charge in [-0.1, -0.05) is 12.8 Å². The van der Waals surface area contributed by atoms with Crippen molar-refractivity contribution in [2.45, 2.75) is 84.8 Å². The van der Waals surface area contributed by atoms with E-state index >= 15 is 0 Å². The summed E-state index contributed by atoms with van der Waals surface area (Å²) in [6.07, 6.45) is 4.05. The average Bonchev–Trinajstić information content (AvgIpc) is 3.10. The van der Waals surface area contributed by atoms with Crippen molar-refractivity contribution in [1.29, 1.82) is 0 Å². The molecule has 347 valence electrons. The summed E-state index contributed by atoms with van der Waals surface area (Å²) in [6.45, 7) is 23.3. The van der Waals surface area contributed by atoms with Crippen LogP contribution in [0.2, 0.25) is 0 Å². The van der Waals surface area contributed by atoms with Gasteiger partial charge in [0.15, 0.2) is 0 Å². The van der Waals surface area contributed by atoms with Gasteiger partial charge in [0, 0.05) is 181 Å². The molecule has 0 aliphatic rings. The molecule has 0 heterocycles. The molecular formula is C43H67N3O10W3Y3-6. The van der Waals surface area contributed by atoms with Gasteiger partial charge in [-0.05, 0) is 101 Å². The Bertz CT molecular complexity index is 1420. The molecule has 0 unspecified atom stereocenters. The normalized spacial score (nSPS) is 8.87. The van der Waals surface area contributed by atoms with Crippen LogP contribution in [0.3, 0.4) is 0 Å². The summed E-state index contributed by atoms with van der Waals surface area (Å²) in [4.78, 5) is 19.8. The van der Waals surface area contributed by atoms with Gasteiger partial charge in [0.2, 0.25) is 12.2 Å². The summed E-state index contributed by atoms with van der Waals surface area (Å²) in [5.41, 5.74) is 15.2. The predicted molar refractivity (Wildman–Crippen MR) is 227 cm³/mol. The molecule has 0 bridgehead atoms. The summed E-state index contributed by atoms with van der Waals surface area (Å²) in [5, 5.41) is 0. The van der Waals surface area contributed by atoms with E-state index < -0.39 is 23.4 Å². The fourth-order valence-electron chi connectivity index (χ4n) is 4.11. The van der Waals surface area contributed by atoms with Gasteiger partial charge in [0.25, 0.3) is 0 Å². The van der Waals surface area contributed by atoms with Gasteiger partial charge >= 0.3 is 0 Å². The molecule has 2 amide bonds. The zero-order valence-corrected chi connectivity index (χ0v) is 55.7. The molecule has 0 atom stereocenters. The summed E-state index contributed by atoms with van der Waals surface area (Å²) in [5.74, 6) is 4.92. The van der Waals surface area contributed by atoms with Crippen LogP contribution in [0, 0.1) is 20.4 Å². The van der Waals surface area contributed by atoms with Gasteiger partial charge in [0.1, 0.15) is 45.7 Å². The molecule has 19 heteroatoms. The van der Waals surface area contributed by atoms with Crippen molar-refractivity contribution in [3.8, 4) is 34.5 Å². The summed E-state index contributed by atoms with van der Waals surface area (Å²) >= 11 is 0. The SMILES string of the molecule is CC(C)(C)OC([NH-])=O.CC(C)(C)OC([NH-])=O.[CH-]=CCc1cc(OC)cc(OC)c1.[CH2-]CCc1cc(OC)cc(OC)c1.[CH2-]CCc1cc(OC)cc(OC)c1.[HH].[NH2-].[W].[W].[W].[Y].[Y].[Y]. The minimum atomic E-state index is -0.975. The first-order valence-electron chi connectivity index (χ1n) is 17.4. The van der Waals surface area contributed by atoms with Gasteiger partial charge in [-0.3, -0.25) is 15.7 Å². The van der Waals surface area contributed by atoms with E-state index in [2.05, 4.69) is 23.3 Å². The third-order valence-electron chi connectivity index (χ3n) is 6.32. The Morgan fingerprint density at radius 2 is 0.742 bits per heavy atom. The zero-order valence-electron chi connectivity index (χ0n) is 38.4. The van der Waals surface area contributed by atoms with Gasteiger partial charge in [0.05, 0.1) is 42.7 Å². The maximum atomic E-state index is 9.90. The van der Waals surface area contributed by atoms with Crippen LogP contribution < -0.4 is 28.4 Å².